The van der Waals surface area contributed by atoms with E-state index in [9.17, 15) is 4.79 Å². The summed E-state index contributed by atoms with van der Waals surface area (Å²) < 4.78 is 10.5. The number of rotatable bonds is 4. The molecule has 1 aromatic carbocycles. The van der Waals surface area contributed by atoms with Crippen molar-refractivity contribution in [3.05, 3.63) is 35.9 Å². The smallest absolute Gasteiger partial charge is 0.335 e. The number of hydrogen-bond donors (Lipinski definition) is 1. The Balaban J connectivity index is 1.96. The highest BCUT2D eigenvalue weighted by atomic mass is 16.6. The lowest BCUT2D eigenvalue weighted by Crippen LogP contribution is -2.32. The Morgan fingerprint density at radius 2 is 2.22 bits per heavy atom. The van der Waals surface area contributed by atoms with Crippen LogP contribution in [0, 0.1) is 0 Å². The minimum Gasteiger partial charge on any atom is -0.464 e. The number of fused-ring (bicyclic) bond motifs is 1. The van der Waals surface area contributed by atoms with E-state index in [4.69, 9.17) is 9.47 Å². The van der Waals surface area contributed by atoms with Gasteiger partial charge in [0.1, 0.15) is 6.23 Å². The van der Waals surface area contributed by atoms with Crippen molar-refractivity contribution in [2.24, 2.45) is 0 Å². The summed E-state index contributed by atoms with van der Waals surface area (Å²) in [5.74, 6) is -0.341. The van der Waals surface area contributed by atoms with Crippen LogP contribution in [0.5, 0.6) is 0 Å². The van der Waals surface area contributed by atoms with Crippen molar-refractivity contribution in [3.8, 4) is 0 Å². The molecule has 0 aromatic heterocycles. The van der Waals surface area contributed by atoms with Gasteiger partial charge in [-0.05, 0) is 31.6 Å². The molecule has 1 N–H and O–H groups in total. The second kappa shape index (κ2) is 5.69. The topological polar surface area (TPSA) is 47.6 Å². The fourth-order valence-electron chi connectivity index (χ4n) is 1.78. The fraction of sp³-hybridized carbons (Fsp3) is 0.357. The fourth-order valence-corrected chi connectivity index (χ4v) is 1.78. The summed E-state index contributed by atoms with van der Waals surface area (Å²) in [5, 5.41) is 3.21. The summed E-state index contributed by atoms with van der Waals surface area (Å²) >= 11 is 0. The largest absolute Gasteiger partial charge is 0.464 e. The normalized spacial score (nSPS) is 18.7. The van der Waals surface area contributed by atoms with Crippen molar-refractivity contribution in [3.63, 3.8) is 0 Å². The van der Waals surface area contributed by atoms with E-state index in [1.165, 1.54) is 0 Å². The van der Waals surface area contributed by atoms with Crippen molar-refractivity contribution in [2.75, 3.05) is 11.9 Å². The first-order valence-electron chi connectivity index (χ1n) is 6.06. The van der Waals surface area contributed by atoms with Gasteiger partial charge in [-0.2, -0.15) is 0 Å². The number of anilines is 1. The molecule has 2 rings (SSSR count). The van der Waals surface area contributed by atoms with E-state index < -0.39 is 6.10 Å². The highest BCUT2D eigenvalue weighted by molar-refractivity contribution is 5.74. The average Bonchev–Trinajstić information content (AvgIpc) is 2.39. The maximum Gasteiger partial charge on any atom is 0.335 e. The Morgan fingerprint density at radius 1 is 1.44 bits per heavy atom. The number of ether oxygens (including phenoxy) is 2. The van der Waals surface area contributed by atoms with Crippen LogP contribution in [-0.4, -0.2) is 24.9 Å². The molecule has 2 atom stereocenters. The van der Waals surface area contributed by atoms with Gasteiger partial charge >= 0.3 is 5.97 Å². The molecule has 0 fully saturated rings. The molecule has 1 heterocycles. The third-order valence-electron chi connectivity index (χ3n) is 2.68. The van der Waals surface area contributed by atoms with Crippen molar-refractivity contribution in [1.29, 1.82) is 0 Å². The minimum atomic E-state index is -0.586. The van der Waals surface area contributed by atoms with Gasteiger partial charge in [0.2, 0.25) is 0 Å². The molecule has 4 heteroatoms. The summed E-state index contributed by atoms with van der Waals surface area (Å²) in [5.41, 5.74) is 2.11. The standard InChI is InChI=1S/C14H17NO3/c1-3-17-14(16)10(2)18-13-9-8-11-6-4-5-7-12(11)15-13/h4-10,13,15H,3H2,1-2H3. The SMILES string of the molecule is CCOC(=O)C(C)OC1C=Cc2ccccc2N1. The molecule has 0 radical (unpaired) electrons. The molecular formula is C14H17NO3. The number of benzene rings is 1. The Morgan fingerprint density at radius 3 is 3.00 bits per heavy atom. The maximum atomic E-state index is 11.5. The van der Waals surface area contributed by atoms with Gasteiger partial charge in [0.05, 0.1) is 6.61 Å². The summed E-state index contributed by atoms with van der Waals surface area (Å²) in [7, 11) is 0. The number of carbonyl (C=O) groups is 1. The van der Waals surface area contributed by atoms with Crippen LogP contribution in [-0.2, 0) is 14.3 Å². The summed E-state index contributed by atoms with van der Waals surface area (Å²) in [6, 6.07) is 7.93. The van der Waals surface area contributed by atoms with Crippen LogP contribution >= 0.6 is 0 Å². The third kappa shape index (κ3) is 2.90. The zero-order valence-electron chi connectivity index (χ0n) is 10.6. The molecule has 0 bridgehead atoms. The second-order valence-electron chi connectivity index (χ2n) is 4.04. The van der Waals surface area contributed by atoms with Crippen LogP contribution in [0.2, 0.25) is 0 Å². The summed E-state index contributed by atoms with van der Waals surface area (Å²) in [6.07, 6.45) is 2.98. The van der Waals surface area contributed by atoms with Crippen LogP contribution in [0.15, 0.2) is 30.3 Å². The van der Waals surface area contributed by atoms with E-state index >= 15 is 0 Å². The molecule has 96 valence electrons. The number of para-hydroxylation sites is 1. The first-order valence-corrected chi connectivity index (χ1v) is 6.06. The number of hydrogen-bond acceptors (Lipinski definition) is 4. The lowest BCUT2D eigenvalue weighted by atomic mass is 10.1. The van der Waals surface area contributed by atoms with Gasteiger partial charge in [-0.3, -0.25) is 0 Å². The monoisotopic (exact) mass is 247 g/mol. The van der Waals surface area contributed by atoms with E-state index in [0.717, 1.165) is 11.3 Å². The number of esters is 1. The summed E-state index contributed by atoms with van der Waals surface area (Å²) in [6.45, 7) is 3.83. The molecule has 1 aromatic rings. The second-order valence-corrected chi connectivity index (χ2v) is 4.04. The quantitative estimate of drug-likeness (QED) is 0.830. The molecule has 18 heavy (non-hydrogen) atoms. The van der Waals surface area contributed by atoms with Gasteiger partial charge in [0.25, 0.3) is 0 Å². The first-order chi connectivity index (χ1) is 8.70. The third-order valence-corrected chi connectivity index (χ3v) is 2.68. The molecule has 0 aliphatic carbocycles. The molecule has 1 aliphatic rings. The van der Waals surface area contributed by atoms with Crippen LogP contribution in [0.1, 0.15) is 19.4 Å². The first kappa shape index (κ1) is 12.6. The Hall–Kier alpha value is -1.81. The lowest BCUT2D eigenvalue weighted by Gasteiger charge is -2.24. The van der Waals surface area contributed by atoms with Gasteiger partial charge in [-0.1, -0.05) is 24.3 Å². The summed E-state index contributed by atoms with van der Waals surface area (Å²) in [4.78, 5) is 11.5. The predicted molar refractivity (Wildman–Crippen MR) is 70.1 cm³/mol. The highest BCUT2D eigenvalue weighted by Gasteiger charge is 2.20. The van der Waals surface area contributed by atoms with E-state index in [1.807, 2.05) is 36.4 Å². The molecule has 0 amide bonds. The minimum absolute atomic E-state index is 0.306. The molecule has 0 spiro atoms. The maximum absolute atomic E-state index is 11.5. The Kier molecular flexibility index (Phi) is 3.99. The molecule has 0 saturated heterocycles. The Bertz CT molecular complexity index is 456. The molecular weight excluding hydrogens is 230 g/mol. The van der Waals surface area contributed by atoms with Crippen LogP contribution in [0.3, 0.4) is 0 Å². The Labute approximate surface area is 107 Å². The molecule has 2 unspecified atom stereocenters. The predicted octanol–water partition coefficient (Wildman–Crippen LogP) is 2.42. The van der Waals surface area contributed by atoms with Crippen molar-refractivity contribution in [1.82, 2.24) is 0 Å². The van der Waals surface area contributed by atoms with Crippen LogP contribution in [0.4, 0.5) is 5.69 Å². The van der Waals surface area contributed by atoms with Crippen molar-refractivity contribution >= 4 is 17.7 Å². The molecule has 0 saturated carbocycles. The highest BCUT2D eigenvalue weighted by Crippen LogP contribution is 2.23. The number of nitrogens with one attached hydrogen (secondary N) is 1. The van der Waals surface area contributed by atoms with E-state index in [-0.39, 0.29) is 12.2 Å². The molecule has 1 aliphatic heterocycles. The van der Waals surface area contributed by atoms with E-state index in [0.29, 0.717) is 6.61 Å². The average molecular weight is 247 g/mol. The van der Waals surface area contributed by atoms with Gasteiger partial charge in [-0.25, -0.2) is 4.79 Å². The van der Waals surface area contributed by atoms with E-state index in [1.54, 1.807) is 13.8 Å². The van der Waals surface area contributed by atoms with Crippen molar-refractivity contribution in [2.45, 2.75) is 26.2 Å². The zero-order chi connectivity index (χ0) is 13.0. The molecule has 4 nitrogen and oxygen atoms in total. The van der Waals surface area contributed by atoms with Gasteiger partial charge in [0, 0.05) is 5.69 Å². The van der Waals surface area contributed by atoms with Gasteiger partial charge < -0.3 is 14.8 Å². The van der Waals surface area contributed by atoms with E-state index in [2.05, 4.69) is 5.32 Å². The van der Waals surface area contributed by atoms with Gasteiger partial charge in [-0.15, -0.1) is 0 Å². The van der Waals surface area contributed by atoms with Crippen molar-refractivity contribution < 1.29 is 14.3 Å². The lowest BCUT2D eigenvalue weighted by molar-refractivity contribution is -0.156. The van der Waals surface area contributed by atoms with Gasteiger partial charge in [0.15, 0.2) is 6.10 Å². The van der Waals surface area contributed by atoms with Crippen LogP contribution < -0.4 is 5.32 Å². The van der Waals surface area contributed by atoms with Crippen LogP contribution in [0.25, 0.3) is 6.08 Å². The zero-order valence-corrected chi connectivity index (χ0v) is 10.6. The number of carbonyl (C=O) groups excluding carboxylic acids is 1.